The Hall–Kier alpha value is -1.81. The first-order chi connectivity index (χ1) is 11.8. The minimum atomic E-state index is -1.15. The Morgan fingerprint density at radius 3 is 2.88 bits per heavy atom. The molecule has 1 atom stereocenters. The van der Waals surface area contributed by atoms with Gasteiger partial charge in [0.05, 0.1) is 6.61 Å². The Morgan fingerprint density at radius 2 is 2.24 bits per heavy atom. The number of likely N-dealkylation sites (tertiary alicyclic amines) is 1. The van der Waals surface area contributed by atoms with Crippen molar-refractivity contribution in [3.63, 3.8) is 0 Å². The van der Waals surface area contributed by atoms with E-state index in [1.807, 2.05) is 4.90 Å². The van der Waals surface area contributed by atoms with Crippen LogP contribution >= 0.6 is 0 Å². The van der Waals surface area contributed by atoms with Gasteiger partial charge in [-0.25, -0.2) is 4.79 Å². The van der Waals surface area contributed by atoms with Crippen LogP contribution in [0.2, 0.25) is 6.32 Å². The molecule has 3 rings (SSSR count). The topological polar surface area (TPSA) is 125 Å². The highest BCUT2D eigenvalue weighted by atomic mass is 16.5. The quantitative estimate of drug-likeness (QED) is 0.510. The summed E-state index contributed by atoms with van der Waals surface area (Å²) in [5.41, 5.74) is 5.96. The van der Waals surface area contributed by atoms with Gasteiger partial charge in [0.25, 0.3) is 0 Å². The van der Waals surface area contributed by atoms with E-state index in [-0.39, 0.29) is 29.8 Å². The predicted molar refractivity (Wildman–Crippen MR) is 91.0 cm³/mol. The summed E-state index contributed by atoms with van der Waals surface area (Å²) in [6.07, 6.45) is 0.844. The van der Waals surface area contributed by atoms with Crippen molar-refractivity contribution >= 4 is 13.1 Å². The van der Waals surface area contributed by atoms with Gasteiger partial charge < -0.3 is 30.4 Å². The highest BCUT2D eigenvalue weighted by Gasteiger charge is 2.35. The first-order valence-electron chi connectivity index (χ1n) is 8.32. The van der Waals surface area contributed by atoms with Crippen molar-refractivity contribution in [2.24, 2.45) is 5.73 Å². The van der Waals surface area contributed by atoms with Gasteiger partial charge in [-0.2, -0.15) is 0 Å². The summed E-state index contributed by atoms with van der Waals surface area (Å²) < 4.78 is 11.2. The van der Waals surface area contributed by atoms with Crippen LogP contribution in [0.5, 0.6) is 11.5 Å². The second-order valence-electron chi connectivity index (χ2n) is 7.09. The first kappa shape index (κ1) is 18.0. The number of carbonyl (C=O) groups is 1. The third-order valence-corrected chi connectivity index (χ3v) is 4.49. The molecule has 0 saturated carbocycles. The SMILES string of the molecule is C[C@](N)(CO)CN1CC(Oc2ccc3c(c2C(=O)O)OB(O)CC3)C1. The molecule has 2 aliphatic heterocycles. The molecule has 0 bridgehead atoms. The predicted octanol–water partition coefficient (Wildman–Crippen LogP) is -0.427. The average molecular weight is 350 g/mol. The minimum absolute atomic E-state index is 0.0475. The molecule has 1 fully saturated rings. The molecule has 1 saturated heterocycles. The molecular formula is C16H23BN2O6. The van der Waals surface area contributed by atoms with E-state index in [9.17, 15) is 20.0 Å². The van der Waals surface area contributed by atoms with E-state index in [1.165, 1.54) is 0 Å². The zero-order valence-corrected chi connectivity index (χ0v) is 14.1. The van der Waals surface area contributed by atoms with Gasteiger partial charge in [0.1, 0.15) is 23.2 Å². The Bertz CT molecular complexity index is 662. The first-order valence-corrected chi connectivity index (χ1v) is 8.32. The molecule has 1 aromatic carbocycles. The number of aliphatic hydroxyl groups excluding tert-OH is 1. The number of aromatic carboxylic acids is 1. The maximum Gasteiger partial charge on any atom is 0.522 e. The Kier molecular flexibility index (Phi) is 4.92. The van der Waals surface area contributed by atoms with E-state index in [0.29, 0.717) is 32.4 Å². The molecule has 0 radical (unpaired) electrons. The lowest BCUT2D eigenvalue weighted by molar-refractivity contribution is 0.000475. The molecule has 0 aliphatic carbocycles. The van der Waals surface area contributed by atoms with Gasteiger partial charge in [-0.3, -0.25) is 4.90 Å². The Labute approximate surface area is 146 Å². The van der Waals surface area contributed by atoms with Crippen LogP contribution in [-0.2, 0) is 6.42 Å². The van der Waals surface area contributed by atoms with Gasteiger partial charge in [-0.05, 0) is 31.3 Å². The van der Waals surface area contributed by atoms with Crippen LogP contribution in [0.15, 0.2) is 12.1 Å². The molecule has 5 N–H and O–H groups in total. The van der Waals surface area contributed by atoms with Crippen LogP contribution < -0.4 is 15.1 Å². The van der Waals surface area contributed by atoms with Crippen molar-refractivity contribution in [1.29, 1.82) is 0 Å². The van der Waals surface area contributed by atoms with Crippen molar-refractivity contribution in [2.45, 2.75) is 31.3 Å². The van der Waals surface area contributed by atoms with Crippen molar-refractivity contribution in [3.05, 3.63) is 23.3 Å². The molecule has 0 spiro atoms. The van der Waals surface area contributed by atoms with Gasteiger partial charge in [0.15, 0.2) is 0 Å². The molecule has 0 amide bonds. The third-order valence-electron chi connectivity index (χ3n) is 4.49. The van der Waals surface area contributed by atoms with Crippen LogP contribution in [0.1, 0.15) is 22.8 Å². The lowest BCUT2D eigenvalue weighted by Crippen LogP contribution is -2.61. The smallest absolute Gasteiger partial charge is 0.522 e. The van der Waals surface area contributed by atoms with E-state index >= 15 is 0 Å². The Balaban J connectivity index is 1.70. The maximum absolute atomic E-state index is 11.7. The van der Waals surface area contributed by atoms with Crippen LogP contribution in [0.3, 0.4) is 0 Å². The molecule has 8 nitrogen and oxygen atoms in total. The monoisotopic (exact) mass is 350 g/mol. The molecule has 2 heterocycles. The number of aliphatic hydroxyl groups is 1. The fourth-order valence-corrected chi connectivity index (χ4v) is 3.18. The highest BCUT2D eigenvalue weighted by molar-refractivity contribution is 6.44. The van der Waals surface area contributed by atoms with Crippen molar-refractivity contribution in [3.8, 4) is 11.5 Å². The molecule has 136 valence electrons. The standard InChI is InChI=1S/C16H23BN2O6/c1-16(18,9-20)8-19-6-11(7-19)24-12-3-2-10-4-5-17(23)25-14(10)13(12)15(21)22/h2-3,11,20,23H,4-9,18H2,1H3,(H,21,22)/t16-/m1/s1. The number of nitrogens with two attached hydrogens (primary N) is 1. The summed E-state index contributed by atoms with van der Waals surface area (Å²) in [6, 6.07) is 3.43. The third kappa shape index (κ3) is 3.90. The Morgan fingerprint density at radius 1 is 1.52 bits per heavy atom. The fraction of sp³-hybridized carbons (Fsp3) is 0.562. The minimum Gasteiger partial charge on any atom is -0.535 e. The van der Waals surface area contributed by atoms with Crippen molar-refractivity contribution in [2.75, 3.05) is 26.2 Å². The van der Waals surface area contributed by atoms with Crippen LogP contribution in [-0.4, -0.2) is 71.1 Å². The summed E-state index contributed by atoms with van der Waals surface area (Å²) >= 11 is 0. The normalized spacial score (nSPS) is 20.2. The number of carboxylic acids is 1. The summed E-state index contributed by atoms with van der Waals surface area (Å²) in [7, 11) is -0.999. The average Bonchev–Trinajstić information content (AvgIpc) is 2.51. The van der Waals surface area contributed by atoms with Gasteiger partial charge in [0, 0.05) is 25.2 Å². The van der Waals surface area contributed by atoms with Crippen LogP contribution in [0.4, 0.5) is 0 Å². The van der Waals surface area contributed by atoms with Gasteiger partial charge in [-0.15, -0.1) is 0 Å². The highest BCUT2D eigenvalue weighted by Crippen LogP contribution is 2.37. The molecule has 2 aliphatic rings. The van der Waals surface area contributed by atoms with E-state index < -0.39 is 18.6 Å². The number of rotatable bonds is 6. The van der Waals surface area contributed by atoms with Gasteiger partial charge in [0.2, 0.25) is 0 Å². The number of hydrogen-bond acceptors (Lipinski definition) is 7. The van der Waals surface area contributed by atoms with Crippen molar-refractivity contribution in [1.82, 2.24) is 4.90 Å². The summed E-state index contributed by atoms with van der Waals surface area (Å²) in [6.45, 7) is 3.41. The molecule has 25 heavy (non-hydrogen) atoms. The number of ether oxygens (including phenoxy) is 1. The molecule has 0 aromatic heterocycles. The number of carboxylic acid groups (broad SMARTS) is 1. The number of hydrogen-bond donors (Lipinski definition) is 4. The second kappa shape index (κ2) is 6.83. The van der Waals surface area contributed by atoms with Crippen LogP contribution in [0.25, 0.3) is 0 Å². The van der Waals surface area contributed by atoms with E-state index in [4.69, 9.17) is 15.1 Å². The summed E-state index contributed by atoms with van der Waals surface area (Å²) in [5.74, 6) is -0.718. The zero-order valence-electron chi connectivity index (χ0n) is 14.1. The van der Waals surface area contributed by atoms with E-state index in [2.05, 4.69) is 0 Å². The van der Waals surface area contributed by atoms with E-state index in [0.717, 1.165) is 5.56 Å². The lowest BCUT2D eigenvalue weighted by atomic mass is 9.78. The molecule has 9 heteroatoms. The summed E-state index contributed by atoms with van der Waals surface area (Å²) in [4.78, 5) is 13.7. The fourth-order valence-electron chi connectivity index (χ4n) is 3.18. The zero-order chi connectivity index (χ0) is 18.2. The largest absolute Gasteiger partial charge is 0.535 e. The number of benzene rings is 1. The number of aryl methyl sites for hydroxylation is 1. The molecular weight excluding hydrogens is 327 g/mol. The summed E-state index contributed by atoms with van der Waals surface area (Å²) in [5, 5.41) is 28.4. The molecule has 1 aromatic rings. The lowest BCUT2D eigenvalue weighted by Gasteiger charge is -2.42. The van der Waals surface area contributed by atoms with Crippen molar-refractivity contribution < 1.29 is 29.4 Å². The number of fused-ring (bicyclic) bond motifs is 1. The van der Waals surface area contributed by atoms with Gasteiger partial charge in [-0.1, -0.05) is 6.07 Å². The second-order valence-corrected chi connectivity index (χ2v) is 7.09. The maximum atomic E-state index is 11.7. The molecule has 0 unspecified atom stereocenters. The van der Waals surface area contributed by atoms with Gasteiger partial charge >= 0.3 is 13.1 Å². The van der Waals surface area contributed by atoms with E-state index in [1.54, 1.807) is 19.1 Å². The van der Waals surface area contributed by atoms with Crippen LogP contribution in [0, 0.1) is 0 Å². The number of nitrogens with zero attached hydrogens (tertiary/aromatic N) is 1.